The van der Waals surface area contributed by atoms with Gasteiger partial charge in [0.05, 0.1) is 4.34 Å². The summed E-state index contributed by atoms with van der Waals surface area (Å²) in [4.78, 5) is 12.3. The first kappa shape index (κ1) is 12.9. The molecule has 0 aliphatic carbocycles. The Morgan fingerprint density at radius 3 is 2.79 bits per heavy atom. The molecule has 3 rings (SSSR count). The van der Waals surface area contributed by atoms with Crippen molar-refractivity contribution in [1.82, 2.24) is 0 Å². The quantitative estimate of drug-likeness (QED) is 0.572. The maximum absolute atomic E-state index is 12.3. The number of furan rings is 1. The van der Waals surface area contributed by atoms with Crippen molar-refractivity contribution >= 4 is 55.6 Å². The lowest BCUT2D eigenvalue weighted by molar-refractivity contribution is 0.101. The molecule has 1 aromatic carbocycles. The van der Waals surface area contributed by atoms with Crippen molar-refractivity contribution in [1.29, 1.82) is 0 Å². The molecule has 2 nitrogen and oxygen atoms in total. The monoisotopic (exact) mass is 354 g/mol. The first-order chi connectivity index (χ1) is 9.04. The normalized spacial score (nSPS) is 11.1. The Morgan fingerprint density at radius 2 is 2.11 bits per heavy atom. The molecule has 0 unspecified atom stereocenters. The van der Waals surface area contributed by atoms with Gasteiger partial charge in [-0.2, -0.15) is 0 Å². The maximum Gasteiger partial charge on any atom is 0.229 e. The molecule has 0 saturated heterocycles. The fourth-order valence-corrected chi connectivity index (χ4v) is 3.42. The molecule has 0 aliphatic heterocycles. The second kappa shape index (κ2) is 4.78. The number of hydrogen-bond acceptors (Lipinski definition) is 3. The highest BCUT2D eigenvalue weighted by Crippen LogP contribution is 2.29. The van der Waals surface area contributed by atoms with Crippen LogP contribution < -0.4 is 0 Å². The molecule has 5 heteroatoms. The number of rotatable bonds is 2. The molecule has 2 aromatic heterocycles. The Balaban J connectivity index is 2.11. The molecule has 0 fully saturated rings. The van der Waals surface area contributed by atoms with E-state index in [0.717, 1.165) is 21.0 Å². The third kappa shape index (κ3) is 2.36. The average Bonchev–Trinajstić information content (AvgIpc) is 2.94. The van der Waals surface area contributed by atoms with Gasteiger partial charge in [0.15, 0.2) is 5.76 Å². The first-order valence-corrected chi connectivity index (χ1v) is 7.58. The number of thiophene rings is 1. The number of ketones is 1. The smallest absolute Gasteiger partial charge is 0.229 e. The Hall–Kier alpha value is -1.10. The van der Waals surface area contributed by atoms with Crippen LogP contribution in [0.5, 0.6) is 0 Å². The molecular formula is C14H8BrClO2S. The zero-order chi connectivity index (χ0) is 13.6. The lowest BCUT2D eigenvalue weighted by Gasteiger charge is -1.95. The molecule has 0 saturated carbocycles. The molecule has 3 aromatic rings. The number of carbonyl (C=O) groups excluding carboxylic acids is 1. The molecule has 0 radical (unpaired) electrons. The summed E-state index contributed by atoms with van der Waals surface area (Å²) in [6.45, 7) is 1.95. The summed E-state index contributed by atoms with van der Waals surface area (Å²) in [5, 5.41) is 2.65. The number of aryl methyl sites for hydroxylation is 1. The van der Waals surface area contributed by atoms with Crippen LogP contribution in [-0.4, -0.2) is 5.78 Å². The Labute approximate surface area is 127 Å². The first-order valence-electron chi connectivity index (χ1n) is 5.53. The predicted molar refractivity (Wildman–Crippen MR) is 81.4 cm³/mol. The summed E-state index contributed by atoms with van der Waals surface area (Å²) in [6, 6.07) is 7.32. The van der Waals surface area contributed by atoms with E-state index in [-0.39, 0.29) is 5.78 Å². The van der Waals surface area contributed by atoms with Gasteiger partial charge in [-0.05, 0) is 36.8 Å². The van der Waals surface area contributed by atoms with Crippen molar-refractivity contribution in [3.8, 4) is 0 Å². The molecule has 0 bridgehead atoms. The third-order valence-corrected chi connectivity index (χ3v) is 4.37. The van der Waals surface area contributed by atoms with Gasteiger partial charge >= 0.3 is 0 Å². The van der Waals surface area contributed by atoms with E-state index in [2.05, 4.69) is 15.9 Å². The summed E-state index contributed by atoms with van der Waals surface area (Å²) < 4.78 is 7.23. The van der Waals surface area contributed by atoms with Crippen LogP contribution in [0.25, 0.3) is 11.0 Å². The summed E-state index contributed by atoms with van der Waals surface area (Å²) in [5.74, 6) is 0.195. The van der Waals surface area contributed by atoms with E-state index in [1.807, 2.05) is 19.1 Å². The standard InChI is InChI=1S/C14H8BrClO2S/c1-7-2-10(15)3-8-4-11(18-14(7)8)13(17)9-5-12(16)19-6-9/h2-6H,1H3. The van der Waals surface area contributed by atoms with Crippen LogP contribution in [-0.2, 0) is 0 Å². The zero-order valence-corrected chi connectivity index (χ0v) is 13.0. The van der Waals surface area contributed by atoms with E-state index in [9.17, 15) is 4.79 Å². The molecule has 0 aliphatic rings. The fraction of sp³-hybridized carbons (Fsp3) is 0.0714. The number of halogens is 2. The number of fused-ring (bicyclic) bond motifs is 1. The highest BCUT2D eigenvalue weighted by Gasteiger charge is 2.17. The number of benzene rings is 1. The van der Waals surface area contributed by atoms with Gasteiger partial charge < -0.3 is 4.42 Å². The van der Waals surface area contributed by atoms with Crippen molar-refractivity contribution in [2.75, 3.05) is 0 Å². The van der Waals surface area contributed by atoms with Gasteiger partial charge in [0, 0.05) is 20.8 Å². The summed E-state index contributed by atoms with van der Waals surface area (Å²) in [5.41, 5.74) is 2.30. The van der Waals surface area contributed by atoms with Crippen LogP contribution in [0.3, 0.4) is 0 Å². The van der Waals surface area contributed by atoms with Crippen LogP contribution in [0.1, 0.15) is 21.7 Å². The van der Waals surface area contributed by atoms with Crippen molar-refractivity contribution in [3.05, 3.63) is 55.3 Å². The SMILES string of the molecule is Cc1cc(Br)cc2cc(C(=O)c3csc(Cl)c3)oc12. The largest absolute Gasteiger partial charge is 0.452 e. The highest BCUT2D eigenvalue weighted by molar-refractivity contribution is 9.10. The minimum atomic E-state index is -0.144. The van der Waals surface area contributed by atoms with Gasteiger partial charge in [0.2, 0.25) is 5.78 Å². The van der Waals surface area contributed by atoms with E-state index < -0.39 is 0 Å². The van der Waals surface area contributed by atoms with Crippen molar-refractivity contribution < 1.29 is 9.21 Å². The van der Waals surface area contributed by atoms with E-state index in [1.165, 1.54) is 11.3 Å². The van der Waals surface area contributed by atoms with Gasteiger partial charge in [-0.1, -0.05) is 27.5 Å². The van der Waals surface area contributed by atoms with Gasteiger partial charge in [-0.15, -0.1) is 11.3 Å². The summed E-state index contributed by atoms with van der Waals surface area (Å²) in [7, 11) is 0. The van der Waals surface area contributed by atoms with Crippen molar-refractivity contribution in [2.45, 2.75) is 6.92 Å². The number of hydrogen-bond donors (Lipinski definition) is 0. The van der Waals surface area contributed by atoms with E-state index >= 15 is 0 Å². The second-order valence-corrected chi connectivity index (χ2v) is 6.68. The van der Waals surface area contributed by atoms with Gasteiger partial charge in [-0.25, -0.2) is 0 Å². The van der Waals surface area contributed by atoms with Crippen molar-refractivity contribution in [3.63, 3.8) is 0 Å². The fourth-order valence-electron chi connectivity index (χ4n) is 1.97. The van der Waals surface area contributed by atoms with Crippen LogP contribution in [0.15, 0.2) is 38.5 Å². The minimum Gasteiger partial charge on any atom is -0.452 e. The molecule has 0 N–H and O–H groups in total. The van der Waals surface area contributed by atoms with Crippen LogP contribution in [0, 0.1) is 6.92 Å². The molecule has 2 heterocycles. The van der Waals surface area contributed by atoms with E-state index in [1.54, 1.807) is 17.5 Å². The summed E-state index contributed by atoms with van der Waals surface area (Å²) >= 11 is 10.6. The van der Waals surface area contributed by atoms with Crippen LogP contribution in [0.2, 0.25) is 4.34 Å². The van der Waals surface area contributed by atoms with Gasteiger partial charge in [-0.3, -0.25) is 4.79 Å². The Morgan fingerprint density at radius 1 is 1.32 bits per heavy atom. The zero-order valence-electron chi connectivity index (χ0n) is 9.87. The summed E-state index contributed by atoms with van der Waals surface area (Å²) in [6.07, 6.45) is 0. The maximum atomic E-state index is 12.3. The minimum absolute atomic E-state index is 0.144. The Kier molecular flexibility index (Phi) is 3.25. The molecule has 96 valence electrons. The average molecular weight is 356 g/mol. The van der Waals surface area contributed by atoms with Gasteiger partial charge in [0.1, 0.15) is 5.58 Å². The molecule has 0 spiro atoms. The van der Waals surface area contributed by atoms with Gasteiger partial charge in [0.25, 0.3) is 0 Å². The highest BCUT2D eigenvalue weighted by atomic mass is 79.9. The Bertz CT molecular complexity index is 788. The van der Waals surface area contributed by atoms with Crippen molar-refractivity contribution in [2.24, 2.45) is 0 Å². The number of carbonyl (C=O) groups is 1. The molecule has 0 atom stereocenters. The molecule has 0 amide bonds. The predicted octanol–water partition coefficient (Wildman–Crippen LogP) is 5.45. The molecule has 19 heavy (non-hydrogen) atoms. The van der Waals surface area contributed by atoms with Crippen LogP contribution >= 0.6 is 38.9 Å². The van der Waals surface area contributed by atoms with E-state index in [4.69, 9.17) is 16.0 Å². The lowest BCUT2D eigenvalue weighted by Crippen LogP contribution is -1.96. The lowest BCUT2D eigenvalue weighted by atomic mass is 10.1. The van der Waals surface area contributed by atoms with E-state index in [0.29, 0.717) is 15.7 Å². The third-order valence-electron chi connectivity index (χ3n) is 2.82. The topological polar surface area (TPSA) is 30.2 Å². The van der Waals surface area contributed by atoms with Crippen LogP contribution in [0.4, 0.5) is 0 Å². The second-order valence-electron chi connectivity index (χ2n) is 4.22. The molecular weight excluding hydrogens is 348 g/mol.